The molecule has 0 atom stereocenters. The summed E-state index contributed by atoms with van der Waals surface area (Å²) in [5, 5.41) is 11.6. The molecule has 0 aliphatic heterocycles. The lowest BCUT2D eigenvalue weighted by atomic mass is 10.0. The van der Waals surface area contributed by atoms with Crippen LogP contribution < -0.4 is 5.32 Å². The normalized spacial score (nSPS) is 18.4. The smallest absolute Gasteiger partial charge is 0.243 e. The summed E-state index contributed by atoms with van der Waals surface area (Å²) in [5.74, 6) is -0.135. The van der Waals surface area contributed by atoms with E-state index < -0.39 is 0 Å². The Labute approximate surface area is 72.5 Å². The van der Waals surface area contributed by atoms with Crippen LogP contribution in [0.4, 0.5) is 0 Å². The Balaban J connectivity index is 2.10. The summed E-state index contributed by atoms with van der Waals surface area (Å²) in [5.41, 5.74) is 0.133. The fourth-order valence-corrected chi connectivity index (χ4v) is 1.19. The number of aliphatic hydroxyl groups excluding tert-OH is 1. The van der Waals surface area contributed by atoms with E-state index in [0.717, 1.165) is 19.3 Å². The number of aliphatic hydroxyl groups is 1. The highest BCUT2D eigenvalue weighted by Gasteiger charge is 2.41. The number of carbonyl (C=O) groups is 1. The SMILES string of the molecule is C=CC(=O)NCCC1(CO)CC1. The van der Waals surface area contributed by atoms with Crippen molar-refractivity contribution in [2.75, 3.05) is 13.2 Å². The zero-order valence-electron chi connectivity index (χ0n) is 7.18. The van der Waals surface area contributed by atoms with E-state index in [4.69, 9.17) is 5.11 Å². The van der Waals surface area contributed by atoms with Crippen LogP contribution in [0.2, 0.25) is 0 Å². The fourth-order valence-electron chi connectivity index (χ4n) is 1.19. The number of nitrogens with one attached hydrogen (secondary N) is 1. The Kier molecular flexibility index (Phi) is 2.87. The quantitative estimate of drug-likeness (QED) is 0.587. The van der Waals surface area contributed by atoms with E-state index in [9.17, 15) is 4.79 Å². The van der Waals surface area contributed by atoms with E-state index in [1.807, 2.05) is 0 Å². The highest BCUT2D eigenvalue weighted by molar-refractivity contribution is 5.86. The van der Waals surface area contributed by atoms with Gasteiger partial charge in [0.1, 0.15) is 0 Å². The molecule has 0 aromatic rings. The zero-order chi connectivity index (χ0) is 9.03. The highest BCUT2D eigenvalue weighted by Crippen LogP contribution is 2.47. The van der Waals surface area contributed by atoms with Crippen LogP contribution in [0.15, 0.2) is 12.7 Å². The van der Waals surface area contributed by atoms with Gasteiger partial charge in [0.25, 0.3) is 0 Å². The number of hydrogen-bond acceptors (Lipinski definition) is 2. The summed E-state index contributed by atoms with van der Waals surface area (Å²) < 4.78 is 0. The third-order valence-electron chi connectivity index (χ3n) is 2.43. The molecule has 0 heterocycles. The second kappa shape index (κ2) is 3.72. The average molecular weight is 169 g/mol. The zero-order valence-corrected chi connectivity index (χ0v) is 7.18. The van der Waals surface area contributed by atoms with Crippen LogP contribution >= 0.6 is 0 Å². The molecule has 0 unspecified atom stereocenters. The maximum atomic E-state index is 10.7. The highest BCUT2D eigenvalue weighted by atomic mass is 16.3. The van der Waals surface area contributed by atoms with Crippen molar-refractivity contribution >= 4 is 5.91 Å². The van der Waals surface area contributed by atoms with Gasteiger partial charge >= 0.3 is 0 Å². The van der Waals surface area contributed by atoms with Crippen LogP contribution in [0.5, 0.6) is 0 Å². The molecule has 0 aromatic heterocycles. The van der Waals surface area contributed by atoms with E-state index in [2.05, 4.69) is 11.9 Å². The summed E-state index contributed by atoms with van der Waals surface area (Å²) in [4.78, 5) is 10.7. The van der Waals surface area contributed by atoms with Crippen molar-refractivity contribution in [1.82, 2.24) is 5.32 Å². The average Bonchev–Trinajstić information content (AvgIpc) is 2.85. The largest absolute Gasteiger partial charge is 0.396 e. The molecular formula is C9H15NO2. The Morgan fingerprint density at radius 1 is 1.67 bits per heavy atom. The first-order valence-electron chi connectivity index (χ1n) is 4.24. The molecule has 1 saturated carbocycles. The van der Waals surface area contributed by atoms with E-state index in [-0.39, 0.29) is 17.9 Å². The molecular weight excluding hydrogens is 154 g/mol. The summed E-state index contributed by atoms with van der Waals surface area (Å²) in [6.45, 7) is 4.24. The van der Waals surface area contributed by atoms with Crippen molar-refractivity contribution < 1.29 is 9.90 Å². The second-order valence-electron chi connectivity index (χ2n) is 3.40. The van der Waals surface area contributed by atoms with E-state index in [1.54, 1.807) is 0 Å². The van der Waals surface area contributed by atoms with Crippen LogP contribution in [-0.4, -0.2) is 24.2 Å². The van der Waals surface area contributed by atoms with Gasteiger partial charge in [-0.2, -0.15) is 0 Å². The van der Waals surface area contributed by atoms with Crippen LogP contribution in [0.25, 0.3) is 0 Å². The minimum atomic E-state index is -0.135. The van der Waals surface area contributed by atoms with Gasteiger partial charge in [-0.1, -0.05) is 6.58 Å². The number of hydrogen-bond donors (Lipinski definition) is 2. The van der Waals surface area contributed by atoms with Crippen molar-refractivity contribution in [1.29, 1.82) is 0 Å². The summed E-state index contributed by atoms with van der Waals surface area (Å²) in [6.07, 6.45) is 4.32. The van der Waals surface area contributed by atoms with Crippen molar-refractivity contribution in [3.63, 3.8) is 0 Å². The number of amides is 1. The van der Waals surface area contributed by atoms with E-state index in [1.165, 1.54) is 6.08 Å². The minimum Gasteiger partial charge on any atom is -0.396 e. The number of carbonyl (C=O) groups excluding carboxylic acids is 1. The molecule has 3 heteroatoms. The molecule has 1 rings (SSSR count). The first-order valence-corrected chi connectivity index (χ1v) is 4.24. The van der Waals surface area contributed by atoms with Gasteiger partial charge in [0.2, 0.25) is 5.91 Å². The minimum absolute atomic E-state index is 0.133. The summed E-state index contributed by atoms with van der Waals surface area (Å²) in [7, 11) is 0. The van der Waals surface area contributed by atoms with E-state index >= 15 is 0 Å². The molecule has 1 aliphatic carbocycles. The van der Waals surface area contributed by atoms with Gasteiger partial charge in [-0.15, -0.1) is 0 Å². The van der Waals surface area contributed by atoms with Crippen molar-refractivity contribution in [2.45, 2.75) is 19.3 Å². The molecule has 1 aliphatic rings. The number of rotatable bonds is 5. The maximum absolute atomic E-state index is 10.7. The van der Waals surface area contributed by atoms with E-state index in [0.29, 0.717) is 6.54 Å². The molecule has 0 radical (unpaired) electrons. The molecule has 68 valence electrons. The predicted molar refractivity (Wildman–Crippen MR) is 46.6 cm³/mol. The Hall–Kier alpha value is -0.830. The molecule has 2 N–H and O–H groups in total. The standard InChI is InChI=1S/C9H15NO2/c1-2-8(12)10-6-5-9(7-11)3-4-9/h2,11H,1,3-7H2,(H,10,12). The van der Waals surface area contributed by atoms with Gasteiger partial charge in [-0.25, -0.2) is 0 Å². The van der Waals surface area contributed by atoms with Crippen LogP contribution in [0.1, 0.15) is 19.3 Å². The molecule has 1 fully saturated rings. The Bertz CT molecular complexity index is 185. The third-order valence-corrected chi connectivity index (χ3v) is 2.43. The first kappa shape index (κ1) is 9.26. The van der Waals surface area contributed by atoms with Gasteiger partial charge in [0, 0.05) is 13.2 Å². The Morgan fingerprint density at radius 2 is 2.33 bits per heavy atom. The van der Waals surface area contributed by atoms with Crippen molar-refractivity contribution in [3.05, 3.63) is 12.7 Å². The predicted octanol–water partition coefficient (Wildman–Crippen LogP) is 0.451. The topological polar surface area (TPSA) is 49.3 Å². The summed E-state index contributed by atoms with van der Waals surface area (Å²) in [6, 6.07) is 0. The van der Waals surface area contributed by atoms with Gasteiger partial charge in [0.05, 0.1) is 0 Å². The maximum Gasteiger partial charge on any atom is 0.243 e. The van der Waals surface area contributed by atoms with Crippen LogP contribution in [0, 0.1) is 5.41 Å². The lowest BCUT2D eigenvalue weighted by Gasteiger charge is -2.10. The monoisotopic (exact) mass is 169 g/mol. The molecule has 0 saturated heterocycles. The van der Waals surface area contributed by atoms with Crippen LogP contribution in [-0.2, 0) is 4.79 Å². The molecule has 1 amide bonds. The van der Waals surface area contributed by atoms with Crippen molar-refractivity contribution in [3.8, 4) is 0 Å². The molecule has 0 aromatic carbocycles. The fraction of sp³-hybridized carbons (Fsp3) is 0.667. The molecule has 0 spiro atoms. The Morgan fingerprint density at radius 3 is 2.75 bits per heavy atom. The molecule has 3 nitrogen and oxygen atoms in total. The summed E-state index contributed by atoms with van der Waals surface area (Å²) >= 11 is 0. The van der Waals surface area contributed by atoms with Crippen molar-refractivity contribution in [2.24, 2.45) is 5.41 Å². The second-order valence-corrected chi connectivity index (χ2v) is 3.40. The van der Waals surface area contributed by atoms with Gasteiger partial charge < -0.3 is 10.4 Å². The van der Waals surface area contributed by atoms with Crippen LogP contribution in [0.3, 0.4) is 0 Å². The van der Waals surface area contributed by atoms with Gasteiger partial charge in [-0.05, 0) is 30.8 Å². The molecule has 0 bridgehead atoms. The third kappa shape index (κ3) is 2.34. The lowest BCUT2D eigenvalue weighted by molar-refractivity contribution is -0.116. The van der Waals surface area contributed by atoms with Gasteiger partial charge in [0.15, 0.2) is 0 Å². The lowest BCUT2D eigenvalue weighted by Crippen LogP contribution is -2.25. The van der Waals surface area contributed by atoms with Gasteiger partial charge in [-0.3, -0.25) is 4.79 Å². The molecule has 12 heavy (non-hydrogen) atoms. The first-order chi connectivity index (χ1) is 5.72.